The lowest BCUT2D eigenvalue weighted by atomic mass is 9.90. The summed E-state index contributed by atoms with van der Waals surface area (Å²) in [5.74, 6) is -3.03. The van der Waals surface area contributed by atoms with E-state index in [4.69, 9.17) is 5.11 Å². The summed E-state index contributed by atoms with van der Waals surface area (Å²) in [4.78, 5) is 24.9. The number of likely N-dealkylation sites (tertiary alicyclic amines) is 1. The Bertz CT molecular complexity index is 546. The minimum atomic E-state index is -1.08. The molecule has 0 aromatic heterocycles. The number of aliphatic carboxylic acids is 1. The molecule has 1 amide bonds. The molecule has 2 rings (SSSR count). The number of aromatic hydroxyl groups is 1. The third-order valence-electron chi connectivity index (χ3n) is 3.63. The Hall–Kier alpha value is -2.11. The van der Waals surface area contributed by atoms with E-state index in [1.165, 1.54) is 17.0 Å². The first kappa shape index (κ1) is 14.3. The maximum atomic E-state index is 13.7. The largest absolute Gasteiger partial charge is 0.508 e. The highest BCUT2D eigenvalue weighted by atomic mass is 19.1. The molecule has 0 spiro atoms. The first-order valence-electron chi connectivity index (χ1n) is 6.44. The lowest BCUT2D eigenvalue weighted by molar-refractivity contribution is -0.145. The van der Waals surface area contributed by atoms with Gasteiger partial charge in [-0.05, 0) is 30.9 Å². The summed E-state index contributed by atoms with van der Waals surface area (Å²) in [6.45, 7) is 2.06. The number of rotatable bonds is 2. The predicted molar refractivity (Wildman–Crippen MR) is 68.9 cm³/mol. The van der Waals surface area contributed by atoms with Gasteiger partial charge in [-0.2, -0.15) is 0 Å². The Balaban J connectivity index is 2.33. The van der Waals surface area contributed by atoms with E-state index < -0.39 is 23.7 Å². The van der Waals surface area contributed by atoms with E-state index in [1.54, 1.807) is 6.92 Å². The summed E-state index contributed by atoms with van der Waals surface area (Å²) < 4.78 is 13.7. The molecular formula is C14H16FNO4. The number of nitrogens with zero attached hydrogens (tertiary/aromatic N) is 1. The standard InChI is InChI=1S/C14H16FNO4/c1-8-3-2-6-16(12(8)14(19)20)13(18)10-5-4-9(17)7-11(10)15/h4-5,7-8,12,17H,2-3,6H2,1H3,(H,19,20). The first-order chi connectivity index (χ1) is 9.41. The van der Waals surface area contributed by atoms with Gasteiger partial charge in [-0.15, -0.1) is 0 Å². The average Bonchev–Trinajstić information content (AvgIpc) is 2.37. The van der Waals surface area contributed by atoms with Crippen molar-refractivity contribution >= 4 is 11.9 Å². The zero-order valence-corrected chi connectivity index (χ0v) is 11.0. The van der Waals surface area contributed by atoms with Gasteiger partial charge in [0, 0.05) is 12.6 Å². The molecule has 1 fully saturated rings. The van der Waals surface area contributed by atoms with Crippen LogP contribution in [0.1, 0.15) is 30.1 Å². The normalized spacial score (nSPS) is 22.6. The fourth-order valence-corrected chi connectivity index (χ4v) is 2.62. The Kier molecular flexibility index (Phi) is 3.92. The summed E-state index contributed by atoms with van der Waals surface area (Å²) in [6, 6.07) is 2.28. The molecule has 0 radical (unpaired) electrons. The number of carboxylic acid groups (broad SMARTS) is 1. The number of piperidine rings is 1. The Morgan fingerprint density at radius 1 is 1.40 bits per heavy atom. The van der Waals surface area contributed by atoms with Crippen LogP contribution >= 0.6 is 0 Å². The SMILES string of the molecule is CC1CCCN(C(=O)c2ccc(O)cc2F)C1C(=O)O. The highest BCUT2D eigenvalue weighted by Gasteiger charge is 2.37. The number of phenolic OH excluding ortho intramolecular Hbond substituents is 1. The van der Waals surface area contributed by atoms with Gasteiger partial charge in [-0.3, -0.25) is 4.79 Å². The number of hydrogen-bond donors (Lipinski definition) is 2. The molecule has 20 heavy (non-hydrogen) atoms. The predicted octanol–water partition coefficient (Wildman–Crippen LogP) is 1.86. The highest BCUT2D eigenvalue weighted by molar-refractivity contribution is 5.97. The molecule has 1 aliphatic heterocycles. The van der Waals surface area contributed by atoms with Crippen LogP contribution in [0.3, 0.4) is 0 Å². The summed E-state index contributed by atoms with van der Waals surface area (Å²) in [5.41, 5.74) is -0.219. The molecule has 1 heterocycles. The number of amides is 1. The lowest BCUT2D eigenvalue weighted by Crippen LogP contribution is -2.52. The van der Waals surface area contributed by atoms with Crippen molar-refractivity contribution in [3.05, 3.63) is 29.6 Å². The van der Waals surface area contributed by atoms with E-state index in [9.17, 15) is 19.1 Å². The van der Waals surface area contributed by atoms with Crippen molar-refractivity contribution in [3.8, 4) is 5.75 Å². The van der Waals surface area contributed by atoms with Crippen molar-refractivity contribution in [1.82, 2.24) is 4.90 Å². The molecule has 108 valence electrons. The smallest absolute Gasteiger partial charge is 0.326 e. The molecule has 2 atom stereocenters. The van der Waals surface area contributed by atoms with Gasteiger partial charge in [0.1, 0.15) is 17.6 Å². The molecule has 0 bridgehead atoms. The van der Waals surface area contributed by atoms with Crippen molar-refractivity contribution < 1.29 is 24.2 Å². The topological polar surface area (TPSA) is 77.8 Å². The maximum Gasteiger partial charge on any atom is 0.326 e. The van der Waals surface area contributed by atoms with Gasteiger partial charge in [-0.1, -0.05) is 6.92 Å². The van der Waals surface area contributed by atoms with Crippen LogP contribution in [0.2, 0.25) is 0 Å². The van der Waals surface area contributed by atoms with E-state index in [-0.39, 0.29) is 17.2 Å². The molecule has 1 aliphatic rings. The molecule has 1 aromatic carbocycles. The second-order valence-corrected chi connectivity index (χ2v) is 5.07. The number of phenols is 1. The average molecular weight is 281 g/mol. The van der Waals surface area contributed by atoms with E-state index in [1.807, 2.05) is 0 Å². The molecule has 1 aromatic rings. The van der Waals surface area contributed by atoms with Crippen LogP contribution in [0.4, 0.5) is 4.39 Å². The Morgan fingerprint density at radius 2 is 2.10 bits per heavy atom. The second-order valence-electron chi connectivity index (χ2n) is 5.07. The molecule has 0 aliphatic carbocycles. The highest BCUT2D eigenvalue weighted by Crippen LogP contribution is 2.26. The summed E-state index contributed by atoms with van der Waals surface area (Å²) in [6.07, 6.45) is 1.41. The zero-order chi connectivity index (χ0) is 14.9. The van der Waals surface area contributed by atoms with Crippen LogP contribution in [0, 0.1) is 11.7 Å². The van der Waals surface area contributed by atoms with E-state index in [0.29, 0.717) is 13.0 Å². The quantitative estimate of drug-likeness (QED) is 0.867. The number of hydrogen-bond acceptors (Lipinski definition) is 3. The number of benzene rings is 1. The Labute approximate surface area is 115 Å². The van der Waals surface area contributed by atoms with Crippen molar-refractivity contribution in [2.24, 2.45) is 5.92 Å². The second kappa shape index (κ2) is 5.48. The van der Waals surface area contributed by atoms with Gasteiger partial charge in [-0.25, -0.2) is 9.18 Å². The van der Waals surface area contributed by atoms with E-state index in [2.05, 4.69) is 0 Å². The van der Waals surface area contributed by atoms with Crippen LogP contribution in [0.25, 0.3) is 0 Å². The number of carbonyl (C=O) groups is 2. The van der Waals surface area contributed by atoms with Crippen LogP contribution in [0.15, 0.2) is 18.2 Å². The van der Waals surface area contributed by atoms with Crippen molar-refractivity contribution in [2.75, 3.05) is 6.54 Å². The third kappa shape index (κ3) is 2.59. The molecule has 0 saturated carbocycles. The van der Waals surface area contributed by atoms with Crippen LogP contribution < -0.4 is 0 Å². The summed E-state index contributed by atoms with van der Waals surface area (Å²) >= 11 is 0. The monoisotopic (exact) mass is 281 g/mol. The van der Waals surface area contributed by atoms with Gasteiger partial charge < -0.3 is 15.1 Å². The first-order valence-corrected chi connectivity index (χ1v) is 6.44. The van der Waals surface area contributed by atoms with Crippen molar-refractivity contribution in [3.63, 3.8) is 0 Å². The third-order valence-corrected chi connectivity index (χ3v) is 3.63. The van der Waals surface area contributed by atoms with Gasteiger partial charge in [0.2, 0.25) is 0 Å². The zero-order valence-electron chi connectivity index (χ0n) is 11.0. The number of carbonyl (C=O) groups excluding carboxylic acids is 1. The molecule has 2 unspecified atom stereocenters. The van der Waals surface area contributed by atoms with E-state index >= 15 is 0 Å². The van der Waals surface area contributed by atoms with Gasteiger partial charge in [0.25, 0.3) is 5.91 Å². The maximum absolute atomic E-state index is 13.7. The molecule has 1 saturated heterocycles. The molecule has 5 nitrogen and oxygen atoms in total. The minimum Gasteiger partial charge on any atom is -0.508 e. The molecule has 6 heteroatoms. The lowest BCUT2D eigenvalue weighted by Gasteiger charge is -2.37. The fraction of sp³-hybridized carbons (Fsp3) is 0.429. The molecule has 2 N–H and O–H groups in total. The summed E-state index contributed by atoms with van der Waals surface area (Å²) in [5, 5.41) is 18.4. The molecular weight excluding hydrogens is 265 g/mol. The van der Waals surface area contributed by atoms with E-state index in [0.717, 1.165) is 12.5 Å². The van der Waals surface area contributed by atoms with Crippen LogP contribution in [-0.4, -0.2) is 39.6 Å². The van der Waals surface area contributed by atoms with Crippen molar-refractivity contribution in [2.45, 2.75) is 25.8 Å². The van der Waals surface area contributed by atoms with Crippen molar-refractivity contribution in [1.29, 1.82) is 0 Å². The van der Waals surface area contributed by atoms with Gasteiger partial charge >= 0.3 is 5.97 Å². The van der Waals surface area contributed by atoms with Gasteiger partial charge in [0.05, 0.1) is 5.56 Å². The summed E-state index contributed by atoms with van der Waals surface area (Å²) in [7, 11) is 0. The number of carboxylic acids is 1. The van der Waals surface area contributed by atoms with Crippen LogP contribution in [0.5, 0.6) is 5.75 Å². The van der Waals surface area contributed by atoms with Gasteiger partial charge in [0.15, 0.2) is 0 Å². The minimum absolute atomic E-state index is 0.176. The van der Waals surface area contributed by atoms with Crippen LogP contribution in [-0.2, 0) is 4.79 Å². The Morgan fingerprint density at radius 3 is 2.70 bits per heavy atom. The number of halogens is 1. The fourth-order valence-electron chi connectivity index (χ4n) is 2.62.